The maximum Gasteiger partial charge on any atom is 0.320 e. The highest BCUT2D eigenvalue weighted by atomic mass is 32.2. The molecule has 9 N–H and O–H groups in total. The topological polar surface area (TPSA) is 291 Å². The van der Waals surface area contributed by atoms with E-state index in [4.69, 9.17) is 30.4 Å². The molecule has 1 aliphatic heterocycles. The summed E-state index contributed by atoms with van der Waals surface area (Å²) in [6, 6.07) is -0.907. The van der Waals surface area contributed by atoms with E-state index in [-0.39, 0.29) is 16.7 Å². The number of imidazole rings is 1. The number of nitrogens with two attached hydrogens (primary N) is 2. The van der Waals surface area contributed by atoms with Gasteiger partial charge in [-0.2, -0.15) is 16.8 Å². The normalized spacial score (nSPS) is 23.8. The van der Waals surface area contributed by atoms with Crippen molar-refractivity contribution in [2.24, 2.45) is 5.73 Å². The van der Waals surface area contributed by atoms with Crippen LogP contribution in [0.4, 0.5) is 5.82 Å². The quantitative estimate of drug-likeness (QED) is 0.106. The molecule has 210 valence electrons. The lowest BCUT2D eigenvalue weighted by atomic mass is 10.1. The number of hydrogen-bond acceptors (Lipinski definition) is 13. The SMILES string of the molecule is C[S+](CC[C@H](N)C(=O)O)C[C@H]1O[C@@H](n2cnc3c(N)ncnc32)[C@H](O)[C@@H]1O.O=S(=O)(O)CCS(=O)(=O)O. The molecule has 37 heavy (non-hydrogen) atoms. The Hall–Kier alpha value is -2.17. The van der Waals surface area contributed by atoms with Crippen molar-refractivity contribution >= 4 is 54.1 Å². The van der Waals surface area contributed by atoms with Crippen molar-refractivity contribution in [3.63, 3.8) is 0 Å². The van der Waals surface area contributed by atoms with Gasteiger partial charge in [0.25, 0.3) is 20.2 Å². The molecule has 1 fully saturated rings. The van der Waals surface area contributed by atoms with Crippen LogP contribution in [-0.2, 0) is 40.7 Å². The summed E-state index contributed by atoms with van der Waals surface area (Å²) in [5.74, 6) is -1.71. The first-order valence-electron chi connectivity index (χ1n) is 10.4. The molecule has 0 aliphatic carbocycles. The van der Waals surface area contributed by atoms with Gasteiger partial charge in [-0.1, -0.05) is 0 Å². The summed E-state index contributed by atoms with van der Waals surface area (Å²) in [7, 11) is -8.83. The third-order valence-electron chi connectivity index (χ3n) is 5.14. The molecule has 2 aromatic rings. The summed E-state index contributed by atoms with van der Waals surface area (Å²) in [4.78, 5) is 23.0. The molecular formula is C17H29N6O11S3+. The highest BCUT2D eigenvalue weighted by Gasteiger charge is 2.46. The molecule has 0 amide bonds. The monoisotopic (exact) mass is 589 g/mol. The molecule has 17 nitrogen and oxygen atoms in total. The zero-order chi connectivity index (χ0) is 28.1. The second-order valence-electron chi connectivity index (χ2n) is 8.09. The molecule has 0 aromatic carbocycles. The third-order valence-corrected chi connectivity index (χ3v) is 8.67. The highest BCUT2D eigenvalue weighted by molar-refractivity contribution is 7.96. The minimum Gasteiger partial charge on any atom is -0.480 e. The number of anilines is 1. The van der Waals surface area contributed by atoms with E-state index in [0.29, 0.717) is 29.1 Å². The van der Waals surface area contributed by atoms with E-state index in [1.165, 1.54) is 17.2 Å². The van der Waals surface area contributed by atoms with Gasteiger partial charge in [0.15, 0.2) is 17.7 Å². The van der Waals surface area contributed by atoms with E-state index in [2.05, 4.69) is 15.0 Å². The zero-order valence-electron chi connectivity index (χ0n) is 19.4. The van der Waals surface area contributed by atoms with E-state index in [1.54, 1.807) is 0 Å². The Morgan fingerprint density at radius 3 is 2.27 bits per heavy atom. The molecular weight excluding hydrogens is 560 g/mol. The fourth-order valence-corrected chi connectivity index (χ4v) is 6.52. The van der Waals surface area contributed by atoms with E-state index in [9.17, 15) is 31.8 Å². The fourth-order valence-electron chi connectivity index (χ4n) is 3.18. The highest BCUT2D eigenvalue weighted by Crippen LogP contribution is 2.32. The summed E-state index contributed by atoms with van der Waals surface area (Å²) in [6.45, 7) is 0. The van der Waals surface area contributed by atoms with Gasteiger partial charge in [0.1, 0.15) is 47.7 Å². The summed E-state index contributed by atoms with van der Waals surface area (Å²) < 4.78 is 62.8. The van der Waals surface area contributed by atoms with Crippen LogP contribution in [0.3, 0.4) is 0 Å². The van der Waals surface area contributed by atoms with Crippen LogP contribution in [0.1, 0.15) is 12.6 Å². The minimum absolute atomic E-state index is 0.216. The first-order valence-corrected chi connectivity index (χ1v) is 15.6. The van der Waals surface area contributed by atoms with Gasteiger partial charge in [0.05, 0.1) is 24.1 Å². The molecule has 0 bridgehead atoms. The van der Waals surface area contributed by atoms with Gasteiger partial charge in [-0.05, 0) is 10.9 Å². The second kappa shape index (κ2) is 12.6. The Balaban J connectivity index is 0.000000410. The summed E-state index contributed by atoms with van der Waals surface area (Å²) >= 11 is 0. The number of hydrogen-bond donors (Lipinski definition) is 7. The molecule has 0 radical (unpaired) electrons. The zero-order valence-corrected chi connectivity index (χ0v) is 21.9. The Morgan fingerprint density at radius 2 is 1.73 bits per heavy atom. The number of fused-ring (bicyclic) bond motifs is 1. The van der Waals surface area contributed by atoms with Gasteiger partial charge in [-0.3, -0.25) is 18.5 Å². The van der Waals surface area contributed by atoms with Crippen molar-refractivity contribution in [3.05, 3.63) is 12.7 Å². The average molecular weight is 590 g/mol. The largest absolute Gasteiger partial charge is 0.480 e. The molecule has 1 unspecified atom stereocenters. The van der Waals surface area contributed by atoms with Gasteiger partial charge in [-0.25, -0.2) is 15.0 Å². The predicted octanol–water partition coefficient (Wildman–Crippen LogP) is -3.16. The molecule has 6 atom stereocenters. The average Bonchev–Trinajstić information content (AvgIpc) is 3.33. The van der Waals surface area contributed by atoms with Crippen LogP contribution in [0.25, 0.3) is 11.2 Å². The van der Waals surface area contributed by atoms with Crippen molar-refractivity contribution in [3.8, 4) is 0 Å². The molecule has 1 aliphatic rings. The molecule has 1 saturated heterocycles. The summed E-state index contributed by atoms with van der Waals surface area (Å²) in [6.07, 6.45) is 1.31. The van der Waals surface area contributed by atoms with Gasteiger partial charge < -0.3 is 31.5 Å². The molecule has 20 heteroatoms. The summed E-state index contributed by atoms with van der Waals surface area (Å²) in [5.41, 5.74) is 12.1. The summed E-state index contributed by atoms with van der Waals surface area (Å²) in [5, 5.41) is 29.7. The van der Waals surface area contributed by atoms with Crippen LogP contribution in [0.2, 0.25) is 0 Å². The standard InChI is InChI=1S/C15H22N6O5S.C2H6O6S2/c1-27(3-2-7(16)15(24)25)4-8-10(22)11(23)14(26-8)21-6-20-9-12(17)18-5-19-13(9)21;3-9(4,5)1-2-10(6,7)8/h5-8,10-11,14,22-23H,2-4,16H2,1H3,(H2-,17,18,19,24,25);1-2H2,(H,3,4,5)(H,6,7,8)/p+1/t7-,8+,10+,11+,14+,27?;/m0./s1. The first kappa shape index (κ1) is 31.1. The lowest BCUT2D eigenvalue weighted by molar-refractivity contribution is -0.138. The number of carboxylic acid groups (broad SMARTS) is 1. The van der Waals surface area contributed by atoms with Crippen LogP contribution < -0.4 is 11.5 Å². The van der Waals surface area contributed by atoms with Crippen molar-refractivity contribution in [1.82, 2.24) is 19.5 Å². The number of aromatic nitrogens is 4. The number of nitrogen functional groups attached to an aromatic ring is 1. The van der Waals surface area contributed by atoms with Gasteiger partial charge in [-0.15, -0.1) is 0 Å². The van der Waals surface area contributed by atoms with E-state index >= 15 is 0 Å². The number of carbonyl (C=O) groups is 1. The third kappa shape index (κ3) is 9.26. The van der Waals surface area contributed by atoms with Crippen molar-refractivity contribution in [2.45, 2.75) is 37.0 Å². The maximum atomic E-state index is 10.8. The van der Waals surface area contributed by atoms with E-state index < -0.39 is 68.3 Å². The van der Waals surface area contributed by atoms with Gasteiger partial charge in [0, 0.05) is 6.42 Å². The van der Waals surface area contributed by atoms with Crippen LogP contribution >= 0.6 is 0 Å². The number of aliphatic hydroxyl groups excluding tert-OH is 2. The van der Waals surface area contributed by atoms with E-state index in [0.717, 1.165) is 0 Å². The smallest absolute Gasteiger partial charge is 0.320 e. The Kier molecular flexibility index (Phi) is 10.6. The van der Waals surface area contributed by atoms with Gasteiger partial charge in [0.2, 0.25) is 0 Å². The second-order valence-corrected chi connectivity index (χ2v) is 13.5. The minimum atomic E-state index is -4.30. The number of carboxylic acids is 1. The Labute approximate surface area is 214 Å². The molecule has 0 saturated carbocycles. The van der Waals surface area contributed by atoms with Crippen LogP contribution in [0, 0.1) is 0 Å². The van der Waals surface area contributed by atoms with Gasteiger partial charge >= 0.3 is 5.97 Å². The molecule has 3 rings (SSSR count). The van der Waals surface area contributed by atoms with Crippen molar-refractivity contribution in [2.75, 3.05) is 35.0 Å². The van der Waals surface area contributed by atoms with Crippen LogP contribution in [0.5, 0.6) is 0 Å². The predicted molar refractivity (Wildman–Crippen MR) is 132 cm³/mol. The lowest BCUT2D eigenvalue weighted by Crippen LogP contribution is -2.37. The maximum absolute atomic E-state index is 10.8. The molecule has 0 spiro atoms. The first-order chi connectivity index (χ1) is 17.0. The number of aliphatic hydroxyl groups is 2. The number of nitrogens with zero attached hydrogens (tertiary/aromatic N) is 4. The molecule has 2 aromatic heterocycles. The van der Waals surface area contributed by atoms with E-state index in [1.807, 2.05) is 6.26 Å². The molecule has 3 heterocycles. The van der Waals surface area contributed by atoms with Crippen molar-refractivity contribution in [1.29, 1.82) is 0 Å². The van der Waals surface area contributed by atoms with Crippen molar-refractivity contribution < 1.29 is 50.8 Å². The lowest BCUT2D eigenvalue weighted by Gasteiger charge is -2.16. The number of aliphatic carboxylic acids is 1. The number of ether oxygens (including phenoxy) is 1. The Bertz CT molecular complexity index is 1260. The Morgan fingerprint density at radius 1 is 1.14 bits per heavy atom. The van der Waals surface area contributed by atoms with Crippen LogP contribution in [-0.4, -0.2) is 120 Å². The van der Waals surface area contributed by atoms with Crippen LogP contribution in [0.15, 0.2) is 12.7 Å². The number of rotatable bonds is 10. The fraction of sp³-hybridized carbons (Fsp3) is 0.647.